The Balaban J connectivity index is 1.84. The summed E-state index contributed by atoms with van der Waals surface area (Å²) in [4.78, 5) is 18.3. The molecule has 5 rings (SSSR count). The molecule has 2 N–H and O–H groups in total. The zero-order chi connectivity index (χ0) is 19.5. The van der Waals surface area contributed by atoms with Crippen molar-refractivity contribution in [1.82, 2.24) is 19.7 Å². The summed E-state index contributed by atoms with van der Waals surface area (Å²) in [6, 6.07) is 15.6. The second-order valence-electron chi connectivity index (χ2n) is 7.11. The molecule has 0 bridgehead atoms. The third-order valence-corrected chi connectivity index (χ3v) is 5.47. The molecule has 142 valence electrons. The Kier molecular flexibility index (Phi) is 3.80. The number of rotatable bonds is 2. The molecule has 1 aromatic heterocycles. The SMILES string of the molecule is CC1CN2Cc3nc(C(N)=O)nn3-c3ccc(Cl)cc3C2(c2ccccc2)O1. The molecule has 3 heterocycles. The van der Waals surface area contributed by atoms with Gasteiger partial charge in [-0.15, -0.1) is 5.10 Å². The molecule has 7 nitrogen and oxygen atoms in total. The van der Waals surface area contributed by atoms with E-state index in [0.29, 0.717) is 23.9 Å². The van der Waals surface area contributed by atoms with Crippen molar-refractivity contribution in [2.24, 2.45) is 5.73 Å². The lowest BCUT2D eigenvalue weighted by molar-refractivity contribution is -0.0758. The molecule has 8 heteroatoms. The molecule has 2 atom stereocenters. The first-order chi connectivity index (χ1) is 13.5. The number of fused-ring (bicyclic) bond motifs is 5. The molecule has 0 spiro atoms. The Morgan fingerprint density at radius 2 is 2.07 bits per heavy atom. The average molecular weight is 396 g/mol. The van der Waals surface area contributed by atoms with Crippen LogP contribution >= 0.6 is 11.6 Å². The summed E-state index contributed by atoms with van der Waals surface area (Å²) in [6.45, 7) is 3.19. The number of hydrogen-bond acceptors (Lipinski definition) is 5. The number of hydrogen-bond donors (Lipinski definition) is 1. The number of ether oxygens (including phenoxy) is 1. The van der Waals surface area contributed by atoms with Gasteiger partial charge in [0.1, 0.15) is 5.82 Å². The predicted octanol–water partition coefficient (Wildman–Crippen LogP) is 2.46. The summed E-state index contributed by atoms with van der Waals surface area (Å²) in [5, 5.41) is 4.95. The van der Waals surface area contributed by atoms with Gasteiger partial charge in [-0.1, -0.05) is 41.9 Å². The minimum atomic E-state index is -0.823. The molecule has 1 fully saturated rings. The topological polar surface area (TPSA) is 86.3 Å². The van der Waals surface area contributed by atoms with Crippen LogP contribution in [0.2, 0.25) is 5.02 Å². The van der Waals surface area contributed by atoms with Crippen LogP contribution in [-0.2, 0) is 17.0 Å². The zero-order valence-electron chi connectivity index (χ0n) is 15.2. The van der Waals surface area contributed by atoms with E-state index in [1.807, 2.05) is 49.4 Å². The van der Waals surface area contributed by atoms with Gasteiger partial charge >= 0.3 is 0 Å². The Morgan fingerprint density at radius 3 is 2.82 bits per heavy atom. The summed E-state index contributed by atoms with van der Waals surface area (Å²) in [5.74, 6) is -0.0272. The number of primary amides is 1. The molecule has 0 radical (unpaired) electrons. The molecule has 3 aromatic rings. The van der Waals surface area contributed by atoms with E-state index in [-0.39, 0.29) is 11.9 Å². The molecule has 2 aliphatic rings. The fraction of sp³-hybridized carbons (Fsp3) is 0.250. The van der Waals surface area contributed by atoms with Crippen LogP contribution in [-0.4, -0.2) is 38.2 Å². The molecule has 0 aliphatic carbocycles. The lowest BCUT2D eigenvalue weighted by Gasteiger charge is -2.37. The van der Waals surface area contributed by atoms with Crippen molar-refractivity contribution in [3.8, 4) is 5.69 Å². The molecule has 2 unspecified atom stereocenters. The van der Waals surface area contributed by atoms with Crippen molar-refractivity contribution in [2.45, 2.75) is 25.3 Å². The van der Waals surface area contributed by atoms with E-state index >= 15 is 0 Å². The molecule has 1 amide bonds. The van der Waals surface area contributed by atoms with Crippen molar-refractivity contribution < 1.29 is 9.53 Å². The summed E-state index contributed by atoms with van der Waals surface area (Å²) in [7, 11) is 0. The Hall–Kier alpha value is -2.74. The lowest BCUT2D eigenvalue weighted by Crippen LogP contribution is -2.42. The second kappa shape index (κ2) is 6.13. The van der Waals surface area contributed by atoms with Gasteiger partial charge in [-0.25, -0.2) is 9.67 Å². The molecule has 2 aliphatic heterocycles. The highest BCUT2D eigenvalue weighted by Gasteiger charge is 2.51. The molecule has 1 saturated heterocycles. The fourth-order valence-electron chi connectivity index (χ4n) is 4.20. The van der Waals surface area contributed by atoms with Gasteiger partial charge < -0.3 is 10.5 Å². The summed E-state index contributed by atoms with van der Waals surface area (Å²) >= 11 is 6.40. The van der Waals surface area contributed by atoms with Gasteiger partial charge in [0.05, 0.1) is 18.3 Å². The second-order valence-corrected chi connectivity index (χ2v) is 7.54. The van der Waals surface area contributed by atoms with E-state index in [2.05, 4.69) is 15.0 Å². The smallest absolute Gasteiger partial charge is 0.288 e. The maximum absolute atomic E-state index is 11.7. The van der Waals surface area contributed by atoms with Crippen molar-refractivity contribution in [3.63, 3.8) is 0 Å². The monoisotopic (exact) mass is 395 g/mol. The van der Waals surface area contributed by atoms with E-state index in [1.165, 1.54) is 0 Å². The molecule has 0 saturated carbocycles. The van der Waals surface area contributed by atoms with Gasteiger partial charge in [0, 0.05) is 22.7 Å². The van der Waals surface area contributed by atoms with Crippen LogP contribution in [0.5, 0.6) is 0 Å². The van der Waals surface area contributed by atoms with E-state index in [9.17, 15) is 4.79 Å². The van der Waals surface area contributed by atoms with Crippen LogP contribution in [0.3, 0.4) is 0 Å². The van der Waals surface area contributed by atoms with E-state index in [4.69, 9.17) is 22.1 Å². The fourth-order valence-corrected chi connectivity index (χ4v) is 4.37. The van der Waals surface area contributed by atoms with Crippen LogP contribution < -0.4 is 5.73 Å². The number of benzene rings is 2. The number of amides is 1. The highest BCUT2D eigenvalue weighted by atomic mass is 35.5. The highest BCUT2D eigenvalue weighted by Crippen LogP contribution is 2.47. The number of halogens is 1. The zero-order valence-corrected chi connectivity index (χ0v) is 15.9. The standard InChI is InChI=1S/C20H18ClN5O2/c1-12-10-25-11-17-23-19(18(22)27)24-26(17)16-8-7-14(21)9-15(16)20(25,28-12)13-5-3-2-4-6-13/h2-9,12H,10-11H2,1H3,(H2,22,27). The molecule has 28 heavy (non-hydrogen) atoms. The third kappa shape index (κ3) is 2.40. The Labute approximate surface area is 166 Å². The first kappa shape index (κ1) is 17.4. The summed E-state index contributed by atoms with van der Waals surface area (Å²) in [5.41, 5.74) is 7.22. The van der Waals surface area contributed by atoms with Gasteiger partial charge in [0.2, 0.25) is 5.82 Å². The lowest BCUT2D eigenvalue weighted by atomic mass is 9.92. The minimum absolute atomic E-state index is 0.00267. The van der Waals surface area contributed by atoms with E-state index in [0.717, 1.165) is 16.8 Å². The van der Waals surface area contributed by atoms with E-state index in [1.54, 1.807) is 10.7 Å². The van der Waals surface area contributed by atoms with Crippen LogP contribution in [0.1, 0.15) is 34.5 Å². The van der Waals surface area contributed by atoms with Crippen LogP contribution in [0.15, 0.2) is 48.5 Å². The predicted molar refractivity (Wildman–Crippen MR) is 103 cm³/mol. The van der Waals surface area contributed by atoms with Gasteiger partial charge in [0.25, 0.3) is 5.91 Å². The number of aromatic nitrogens is 3. The van der Waals surface area contributed by atoms with Gasteiger partial charge in [0.15, 0.2) is 5.72 Å². The molecular formula is C20H18ClN5O2. The number of carbonyl (C=O) groups excluding carboxylic acids is 1. The van der Waals surface area contributed by atoms with Gasteiger partial charge in [-0.05, 0) is 25.1 Å². The van der Waals surface area contributed by atoms with Crippen molar-refractivity contribution in [2.75, 3.05) is 6.54 Å². The molecule has 2 aromatic carbocycles. The first-order valence-corrected chi connectivity index (χ1v) is 9.41. The van der Waals surface area contributed by atoms with E-state index < -0.39 is 11.6 Å². The summed E-state index contributed by atoms with van der Waals surface area (Å²) in [6.07, 6.45) is -0.00267. The van der Waals surface area contributed by atoms with Gasteiger partial charge in [-0.3, -0.25) is 9.69 Å². The Bertz CT molecular complexity index is 1080. The average Bonchev–Trinajstić information content (AvgIpc) is 3.22. The highest BCUT2D eigenvalue weighted by molar-refractivity contribution is 6.30. The third-order valence-electron chi connectivity index (χ3n) is 5.24. The van der Waals surface area contributed by atoms with Gasteiger partial charge in [-0.2, -0.15) is 0 Å². The quantitative estimate of drug-likeness (QED) is 0.720. The van der Waals surface area contributed by atoms with Crippen LogP contribution in [0, 0.1) is 0 Å². The minimum Gasteiger partial charge on any atom is -0.363 e. The maximum Gasteiger partial charge on any atom is 0.288 e. The first-order valence-electron chi connectivity index (χ1n) is 9.03. The maximum atomic E-state index is 11.7. The largest absolute Gasteiger partial charge is 0.363 e. The molecular weight excluding hydrogens is 378 g/mol. The van der Waals surface area contributed by atoms with Crippen molar-refractivity contribution >= 4 is 17.5 Å². The van der Waals surface area contributed by atoms with Crippen LogP contribution in [0.4, 0.5) is 0 Å². The van der Waals surface area contributed by atoms with Crippen LogP contribution in [0.25, 0.3) is 5.69 Å². The number of carbonyl (C=O) groups is 1. The number of nitrogens with two attached hydrogens (primary N) is 1. The normalized spacial score (nSPS) is 23.6. The summed E-state index contributed by atoms with van der Waals surface area (Å²) < 4.78 is 8.25. The number of nitrogens with zero attached hydrogens (tertiary/aromatic N) is 4. The van der Waals surface area contributed by atoms with Crippen molar-refractivity contribution in [3.05, 3.63) is 76.3 Å². The Morgan fingerprint density at radius 1 is 1.29 bits per heavy atom. The van der Waals surface area contributed by atoms with Crippen molar-refractivity contribution in [1.29, 1.82) is 0 Å².